The second kappa shape index (κ2) is 8.95. The molecule has 1 unspecified atom stereocenters. The molecule has 0 aromatic heterocycles. The number of urea groups is 1. The van der Waals surface area contributed by atoms with E-state index in [4.69, 9.17) is 0 Å². The van der Waals surface area contributed by atoms with E-state index in [0.717, 1.165) is 5.69 Å². The van der Waals surface area contributed by atoms with Crippen LogP contribution in [0.15, 0.2) is 24.3 Å². The molecular formula is C20H32N2O. The van der Waals surface area contributed by atoms with Gasteiger partial charge in [0.2, 0.25) is 0 Å². The second-order valence-electron chi connectivity index (χ2n) is 7.10. The highest BCUT2D eigenvalue weighted by Crippen LogP contribution is 2.26. The van der Waals surface area contributed by atoms with E-state index >= 15 is 0 Å². The van der Waals surface area contributed by atoms with Gasteiger partial charge in [-0.15, -0.1) is 0 Å². The minimum atomic E-state index is -0.0802. The summed E-state index contributed by atoms with van der Waals surface area (Å²) in [5.74, 6) is 1.16. The first-order valence-electron chi connectivity index (χ1n) is 9.27. The number of hydrogen-bond donors (Lipinski definition) is 2. The topological polar surface area (TPSA) is 41.1 Å². The zero-order valence-electron chi connectivity index (χ0n) is 14.9. The van der Waals surface area contributed by atoms with Crippen LogP contribution in [0.3, 0.4) is 0 Å². The van der Waals surface area contributed by atoms with E-state index in [-0.39, 0.29) is 12.1 Å². The Labute approximate surface area is 141 Å². The Morgan fingerprint density at radius 1 is 1.22 bits per heavy atom. The second-order valence-corrected chi connectivity index (χ2v) is 7.10. The van der Waals surface area contributed by atoms with Crippen molar-refractivity contribution in [1.82, 2.24) is 5.32 Å². The third-order valence-electron chi connectivity index (χ3n) is 5.15. The Bertz CT molecular complexity index is 494. The molecule has 1 fully saturated rings. The van der Waals surface area contributed by atoms with Crippen LogP contribution in [0, 0.1) is 5.92 Å². The standard InChI is InChI=1S/C20H32N2O/c1-4-9-15(2)18-12-8-13-19(14-18)22-20(23)21-16(3)17-10-6-5-7-11-17/h8,12-17H,4-7,9-11H2,1-3H3,(H2,21,22,23)/t15?,16-/m0/s1. The molecule has 1 aromatic rings. The van der Waals surface area contributed by atoms with Crippen molar-refractivity contribution >= 4 is 11.7 Å². The summed E-state index contributed by atoms with van der Waals surface area (Å²) in [6.45, 7) is 6.59. The molecule has 128 valence electrons. The van der Waals surface area contributed by atoms with Gasteiger partial charge in [-0.3, -0.25) is 0 Å². The van der Waals surface area contributed by atoms with Gasteiger partial charge in [-0.2, -0.15) is 0 Å². The Morgan fingerprint density at radius 2 is 1.96 bits per heavy atom. The molecule has 2 atom stereocenters. The van der Waals surface area contributed by atoms with Crippen LogP contribution in [-0.2, 0) is 0 Å². The van der Waals surface area contributed by atoms with Crippen LogP contribution in [0.2, 0.25) is 0 Å². The summed E-state index contributed by atoms with van der Waals surface area (Å²) in [5, 5.41) is 6.12. The largest absolute Gasteiger partial charge is 0.335 e. The van der Waals surface area contributed by atoms with E-state index < -0.39 is 0 Å². The SMILES string of the molecule is CCCC(C)c1cccc(NC(=O)N[C@@H](C)C2CCCCC2)c1. The molecule has 1 aliphatic carbocycles. The normalized spacial score (nSPS) is 18.2. The lowest BCUT2D eigenvalue weighted by Gasteiger charge is -2.28. The number of benzene rings is 1. The number of amides is 2. The molecule has 0 radical (unpaired) electrons. The van der Waals surface area contributed by atoms with Crippen molar-refractivity contribution < 1.29 is 4.79 Å². The fourth-order valence-electron chi connectivity index (χ4n) is 3.65. The van der Waals surface area contributed by atoms with Crippen LogP contribution in [0.5, 0.6) is 0 Å². The van der Waals surface area contributed by atoms with Gasteiger partial charge in [-0.05, 0) is 55.7 Å². The smallest absolute Gasteiger partial charge is 0.319 e. The van der Waals surface area contributed by atoms with E-state index in [0.29, 0.717) is 11.8 Å². The number of hydrogen-bond acceptors (Lipinski definition) is 1. The van der Waals surface area contributed by atoms with Crippen LogP contribution in [0.4, 0.5) is 10.5 Å². The van der Waals surface area contributed by atoms with Crippen molar-refractivity contribution in [1.29, 1.82) is 0 Å². The van der Waals surface area contributed by atoms with E-state index in [1.807, 2.05) is 12.1 Å². The maximum atomic E-state index is 12.3. The fourth-order valence-corrected chi connectivity index (χ4v) is 3.65. The quantitative estimate of drug-likeness (QED) is 0.696. The molecule has 2 N–H and O–H groups in total. The van der Waals surface area contributed by atoms with Crippen LogP contribution in [0.1, 0.15) is 77.2 Å². The minimum Gasteiger partial charge on any atom is -0.335 e. The van der Waals surface area contributed by atoms with Gasteiger partial charge >= 0.3 is 6.03 Å². The van der Waals surface area contributed by atoms with Crippen molar-refractivity contribution in [3.8, 4) is 0 Å². The predicted octanol–water partition coefficient (Wildman–Crippen LogP) is 5.68. The van der Waals surface area contributed by atoms with Crippen molar-refractivity contribution in [2.24, 2.45) is 5.92 Å². The van der Waals surface area contributed by atoms with Crippen molar-refractivity contribution in [3.63, 3.8) is 0 Å². The lowest BCUT2D eigenvalue weighted by atomic mass is 9.85. The highest BCUT2D eigenvalue weighted by Gasteiger charge is 2.21. The molecule has 2 amide bonds. The van der Waals surface area contributed by atoms with Gasteiger partial charge in [0.15, 0.2) is 0 Å². The summed E-state index contributed by atoms with van der Waals surface area (Å²) in [6.07, 6.45) is 8.78. The first-order chi connectivity index (χ1) is 11.1. The van der Waals surface area contributed by atoms with Crippen molar-refractivity contribution in [2.45, 2.75) is 77.7 Å². The molecule has 3 heteroatoms. The highest BCUT2D eigenvalue weighted by atomic mass is 16.2. The maximum Gasteiger partial charge on any atom is 0.319 e. The van der Waals surface area contributed by atoms with E-state index in [1.54, 1.807) is 0 Å². The fraction of sp³-hybridized carbons (Fsp3) is 0.650. The third kappa shape index (κ3) is 5.56. The molecule has 1 aromatic carbocycles. The van der Waals surface area contributed by atoms with Gasteiger partial charge in [0.1, 0.15) is 0 Å². The van der Waals surface area contributed by atoms with Gasteiger partial charge in [-0.1, -0.05) is 51.7 Å². The van der Waals surface area contributed by atoms with Gasteiger partial charge in [0.25, 0.3) is 0 Å². The summed E-state index contributed by atoms with van der Waals surface area (Å²) in [7, 11) is 0. The molecular weight excluding hydrogens is 284 g/mol. The van der Waals surface area contributed by atoms with Crippen LogP contribution < -0.4 is 10.6 Å². The Balaban J connectivity index is 1.88. The minimum absolute atomic E-state index is 0.0802. The summed E-state index contributed by atoms with van der Waals surface area (Å²) in [4.78, 5) is 12.3. The first kappa shape index (κ1) is 17.8. The van der Waals surface area contributed by atoms with Crippen molar-refractivity contribution in [2.75, 3.05) is 5.32 Å². The van der Waals surface area contributed by atoms with Crippen molar-refractivity contribution in [3.05, 3.63) is 29.8 Å². The summed E-state index contributed by atoms with van der Waals surface area (Å²) in [5.41, 5.74) is 2.18. The molecule has 0 aliphatic heterocycles. The number of rotatable bonds is 6. The summed E-state index contributed by atoms with van der Waals surface area (Å²) >= 11 is 0. The lowest BCUT2D eigenvalue weighted by Crippen LogP contribution is -2.41. The number of anilines is 1. The van der Waals surface area contributed by atoms with Crippen LogP contribution >= 0.6 is 0 Å². The zero-order valence-corrected chi connectivity index (χ0v) is 14.9. The van der Waals surface area contributed by atoms with Gasteiger partial charge < -0.3 is 10.6 Å². The van der Waals surface area contributed by atoms with Crippen LogP contribution in [-0.4, -0.2) is 12.1 Å². The van der Waals surface area contributed by atoms with Gasteiger partial charge in [0.05, 0.1) is 0 Å². The predicted molar refractivity (Wildman–Crippen MR) is 98.0 cm³/mol. The average molecular weight is 316 g/mol. The maximum absolute atomic E-state index is 12.3. The van der Waals surface area contributed by atoms with E-state index in [1.165, 1.54) is 50.5 Å². The summed E-state index contributed by atoms with van der Waals surface area (Å²) in [6, 6.07) is 8.41. The number of carbonyl (C=O) groups is 1. The molecule has 0 heterocycles. The molecule has 0 bridgehead atoms. The lowest BCUT2D eigenvalue weighted by molar-refractivity contribution is 0.235. The van der Waals surface area contributed by atoms with E-state index in [2.05, 4.69) is 43.5 Å². The Hall–Kier alpha value is -1.51. The number of carbonyl (C=O) groups excluding carboxylic acids is 1. The molecule has 1 saturated carbocycles. The Kier molecular flexibility index (Phi) is 6.94. The molecule has 1 aliphatic rings. The van der Waals surface area contributed by atoms with Gasteiger partial charge in [0, 0.05) is 11.7 Å². The van der Waals surface area contributed by atoms with Gasteiger partial charge in [-0.25, -0.2) is 4.79 Å². The molecule has 3 nitrogen and oxygen atoms in total. The third-order valence-corrected chi connectivity index (χ3v) is 5.15. The molecule has 2 rings (SSSR count). The number of nitrogens with one attached hydrogen (secondary N) is 2. The first-order valence-corrected chi connectivity index (χ1v) is 9.27. The molecule has 0 saturated heterocycles. The molecule has 0 spiro atoms. The highest BCUT2D eigenvalue weighted by molar-refractivity contribution is 5.89. The molecule has 23 heavy (non-hydrogen) atoms. The average Bonchev–Trinajstić information content (AvgIpc) is 2.56. The van der Waals surface area contributed by atoms with Crippen LogP contribution in [0.25, 0.3) is 0 Å². The Morgan fingerprint density at radius 3 is 2.65 bits per heavy atom. The zero-order chi connectivity index (χ0) is 16.7. The monoisotopic (exact) mass is 316 g/mol. The summed E-state index contributed by atoms with van der Waals surface area (Å²) < 4.78 is 0. The van der Waals surface area contributed by atoms with E-state index in [9.17, 15) is 4.79 Å².